The summed E-state index contributed by atoms with van der Waals surface area (Å²) in [5.41, 5.74) is -3.72. The summed E-state index contributed by atoms with van der Waals surface area (Å²) < 4.78 is 68.2. The van der Waals surface area contributed by atoms with Gasteiger partial charge in [0.05, 0.1) is 45.3 Å². The number of aliphatic hydroxyl groups is 1. The van der Waals surface area contributed by atoms with Crippen LogP contribution >= 0.6 is 23.2 Å². The van der Waals surface area contributed by atoms with Gasteiger partial charge >= 0.3 is 11.9 Å². The van der Waals surface area contributed by atoms with Crippen molar-refractivity contribution in [1.82, 2.24) is 14.5 Å². The molecule has 1 aliphatic heterocycles. The molecule has 38 heavy (non-hydrogen) atoms. The summed E-state index contributed by atoms with van der Waals surface area (Å²) in [4.78, 5) is 30.2. The van der Waals surface area contributed by atoms with E-state index in [1.54, 1.807) is 4.90 Å². The second kappa shape index (κ2) is 10.6. The number of fused-ring (bicyclic) bond motifs is 1. The first-order chi connectivity index (χ1) is 17.8. The Morgan fingerprint density at radius 1 is 1.16 bits per heavy atom. The van der Waals surface area contributed by atoms with Crippen LogP contribution in [0.15, 0.2) is 38.8 Å². The Balaban J connectivity index is 1.91. The van der Waals surface area contributed by atoms with Crippen LogP contribution in [0.3, 0.4) is 0 Å². The minimum absolute atomic E-state index is 0.0362. The number of sulfone groups is 1. The van der Waals surface area contributed by atoms with Gasteiger partial charge in [0.15, 0.2) is 9.84 Å². The molecule has 0 aliphatic carbocycles. The SMILES string of the molecule is CCS(=O)(=O)c1ccc(Cl)cc1Cn1c(=O)[nH]c2c(Cl)c(CN3CCC[C@H]3CO)c(C(F)(F)F)cc2c1=O. The van der Waals surface area contributed by atoms with Crippen molar-refractivity contribution in [2.45, 2.75) is 50.0 Å². The fourth-order valence-electron chi connectivity index (χ4n) is 4.76. The molecule has 1 aromatic heterocycles. The van der Waals surface area contributed by atoms with E-state index in [9.17, 15) is 36.3 Å². The fourth-order valence-corrected chi connectivity index (χ4v) is 6.37. The zero-order valence-electron chi connectivity index (χ0n) is 20.1. The summed E-state index contributed by atoms with van der Waals surface area (Å²) in [5, 5.41) is 8.83. The number of nitrogens with one attached hydrogen (secondary N) is 1. The molecule has 0 unspecified atom stereocenters. The lowest BCUT2D eigenvalue weighted by Gasteiger charge is -2.25. The van der Waals surface area contributed by atoms with Gasteiger partial charge < -0.3 is 10.1 Å². The molecule has 0 amide bonds. The van der Waals surface area contributed by atoms with Crippen molar-refractivity contribution in [2.24, 2.45) is 0 Å². The molecule has 14 heteroatoms. The first-order valence-corrected chi connectivity index (χ1v) is 14.1. The van der Waals surface area contributed by atoms with Crippen LogP contribution in [0.5, 0.6) is 0 Å². The standard InChI is InChI=1S/C24H24Cl2F3N3O5S/c1-2-38(36,37)19-6-5-14(25)8-13(19)10-32-22(34)16-9-18(24(27,28)29)17(20(26)21(16)30-23(32)35)11-31-7-3-4-15(31)12-33/h5-6,8-9,15,33H,2-4,7,10-12H2,1H3,(H,30,35)/t15-/m0/s1. The number of alkyl halides is 3. The molecule has 0 spiro atoms. The summed E-state index contributed by atoms with van der Waals surface area (Å²) in [7, 11) is -3.77. The Labute approximate surface area is 225 Å². The van der Waals surface area contributed by atoms with Crippen LogP contribution in [-0.2, 0) is 29.1 Å². The summed E-state index contributed by atoms with van der Waals surface area (Å²) in [6.45, 7) is 0.865. The molecule has 2 aromatic carbocycles. The van der Waals surface area contributed by atoms with Gasteiger partial charge in [-0.3, -0.25) is 14.3 Å². The second-order valence-corrected chi connectivity index (χ2v) is 12.1. The molecule has 3 aromatic rings. The molecule has 1 saturated heterocycles. The van der Waals surface area contributed by atoms with Gasteiger partial charge in [-0.05, 0) is 54.8 Å². The quantitative estimate of drug-likeness (QED) is 0.431. The number of aromatic amines is 1. The zero-order valence-corrected chi connectivity index (χ0v) is 22.4. The maximum Gasteiger partial charge on any atom is 0.416 e. The highest BCUT2D eigenvalue weighted by molar-refractivity contribution is 7.91. The number of likely N-dealkylation sites (tertiary alicyclic amines) is 1. The van der Waals surface area contributed by atoms with Crippen LogP contribution in [0.2, 0.25) is 10.0 Å². The second-order valence-electron chi connectivity index (χ2n) is 9.06. The number of H-pyrrole nitrogens is 1. The highest BCUT2D eigenvalue weighted by atomic mass is 35.5. The van der Waals surface area contributed by atoms with E-state index < -0.39 is 49.8 Å². The number of halogens is 5. The van der Waals surface area contributed by atoms with Crippen molar-refractivity contribution in [1.29, 1.82) is 0 Å². The normalized spacial score (nSPS) is 17.0. The molecular formula is C24H24Cl2F3N3O5S. The van der Waals surface area contributed by atoms with Crippen LogP contribution in [0.4, 0.5) is 13.2 Å². The van der Waals surface area contributed by atoms with Gasteiger partial charge in [0.2, 0.25) is 0 Å². The summed E-state index contributed by atoms with van der Waals surface area (Å²) in [5.74, 6) is -0.258. The largest absolute Gasteiger partial charge is 0.416 e. The van der Waals surface area contributed by atoms with Crippen LogP contribution < -0.4 is 11.2 Å². The molecule has 1 atom stereocenters. The van der Waals surface area contributed by atoms with E-state index in [2.05, 4.69) is 4.98 Å². The van der Waals surface area contributed by atoms with Gasteiger partial charge in [-0.25, -0.2) is 13.2 Å². The smallest absolute Gasteiger partial charge is 0.395 e. The Hall–Kier alpha value is -2.38. The third-order valence-corrected chi connectivity index (χ3v) is 9.24. The van der Waals surface area contributed by atoms with Gasteiger partial charge in [0.1, 0.15) is 0 Å². The first kappa shape index (κ1) is 28.6. The number of hydrogen-bond donors (Lipinski definition) is 2. The Bertz CT molecular complexity index is 1620. The van der Waals surface area contributed by atoms with Crippen LogP contribution in [0.1, 0.15) is 36.5 Å². The van der Waals surface area contributed by atoms with E-state index in [1.165, 1.54) is 25.1 Å². The first-order valence-electron chi connectivity index (χ1n) is 11.7. The van der Waals surface area contributed by atoms with Crippen LogP contribution in [0.25, 0.3) is 10.9 Å². The summed E-state index contributed by atoms with van der Waals surface area (Å²) >= 11 is 12.4. The van der Waals surface area contributed by atoms with E-state index in [0.717, 1.165) is 0 Å². The molecule has 206 valence electrons. The molecule has 8 nitrogen and oxygen atoms in total. The predicted octanol–water partition coefficient (Wildman–Crippen LogP) is 3.81. The van der Waals surface area contributed by atoms with Gasteiger partial charge in [0.25, 0.3) is 5.56 Å². The van der Waals surface area contributed by atoms with Gasteiger partial charge in [-0.15, -0.1) is 0 Å². The van der Waals surface area contributed by atoms with Gasteiger partial charge in [0, 0.05) is 17.6 Å². The maximum atomic E-state index is 14.1. The topological polar surface area (TPSA) is 112 Å². The summed E-state index contributed by atoms with van der Waals surface area (Å²) in [6, 6.07) is 4.20. The molecular weight excluding hydrogens is 570 g/mol. The minimum atomic E-state index is -4.87. The van der Waals surface area contributed by atoms with Crippen LogP contribution in [0, 0.1) is 0 Å². The van der Waals surface area contributed by atoms with E-state index in [0.29, 0.717) is 30.0 Å². The monoisotopic (exact) mass is 593 g/mol. The molecule has 2 N–H and O–H groups in total. The van der Waals surface area contributed by atoms with E-state index in [4.69, 9.17) is 23.2 Å². The predicted molar refractivity (Wildman–Crippen MR) is 138 cm³/mol. The van der Waals surface area contributed by atoms with Gasteiger partial charge in [-0.1, -0.05) is 30.1 Å². The third-order valence-electron chi connectivity index (χ3n) is 6.76. The number of benzene rings is 2. The minimum Gasteiger partial charge on any atom is -0.395 e. The van der Waals surface area contributed by atoms with Crippen LogP contribution in [-0.4, -0.2) is 52.9 Å². The number of rotatable bonds is 7. The van der Waals surface area contributed by atoms with Crippen molar-refractivity contribution < 1.29 is 26.7 Å². The zero-order chi connectivity index (χ0) is 28.0. The highest BCUT2D eigenvalue weighted by Crippen LogP contribution is 2.39. The highest BCUT2D eigenvalue weighted by Gasteiger charge is 2.37. The average Bonchev–Trinajstić information content (AvgIpc) is 3.30. The number of aliphatic hydroxyl groups excluding tert-OH is 1. The summed E-state index contributed by atoms with van der Waals surface area (Å²) in [6.07, 6.45) is -3.56. The average molecular weight is 594 g/mol. The molecule has 0 saturated carbocycles. The number of hydrogen-bond acceptors (Lipinski definition) is 6. The molecule has 1 aliphatic rings. The Kier molecular flexibility index (Phi) is 8.02. The molecule has 4 rings (SSSR count). The van der Waals surface area contributed by atoms with Crippen molar-refractivity contribution in [3.63, 3.8) is 0 Å². The Morgan fingerprint density at radius 2 is 1.87 bits per heavy atom. The van der Waals surface area contributed by atoms with Gasteiger partial charge in [-0.2, -0.15) is 13.2 Å². The van der Waals surface area contributed by atoms with Crippen molar-refractivity contribution in [3.8, 4) is 0 Å². The lowest BCUT2D eigenvalue weighted by molar-refractivity contribution is -0.138. The molecule has 2 heterocycles. The third kappa shape index (κ3) is 5.37. The Morgan fingerprint density at radius 3 is 2.50 bits per heavy atom. The maximum absolute atomic E-state index is 14.1. The lowest BCUT2D eigenvalue weighted by Crippen LogP contribution is -2.36. The molecule has 1 fully saturated rings. The van der Waals surface area contributed by atoms with E-state index in [-0.39, 0.29) is 51.5 Å². The lowest BCUT2D eigenvalue weighted by atomic mass is 10.0. The number of aromatic nitrogens is 2. The van der Waals surface area contributed by atoms with E-state index in [1.807, 2.05) is 0 Å². The van der Waals surface area contributed by atoms with Crippen molar-refractivity contribution in [3.05, 3.63) is 71.8 Å². The van der Waals surface area contributed by atoms with Crippen molar-refractivity contribution in [2.75, 3.05) is 18.9 Å². The molecule has 0 bridgehead atoms. The van der Waals surface area contributed by atoms with E-state index >= 15 is 0 Å². The molecule has 0 radical (unpaired) electrons. The number of nitrogens with zero attached hydrogens (tertiary/aromatic N) is 2. The fraction of sp³-hybridized carbons (Fsp3) is 0.417. The van der Waals surface area contributed by atoms with Crippen molar-refractivity contribution >= 4 is 43.9 Å².